The number of hydrogen-bond acceptors (Lipinski definition) is 8. The van der Waals surface area contributed by atoms with E-state index >= 15 is 0 Å². The SMILES string of the molecule is Cc1cc(-c2snnc2[C@@H]2CCCN(C(=O)[C@H](C)NC(=O)c3ccco3)C2)on1. The topological polar surface area (TPSA) is 114 Å². The molecule has 3 aromatic heterocycles. The fourth-order valence-corrected chi connectivity index (χ4v) is 4.22. The van der Waals surface area contributed by atoms with Crippen molar-refractivity contribution >= 4 is 23.3 Å². The normalized spacial score (nSPS) is 17.9. The molecule has 1 N–H and O–H groups in total. The molecule has 0 saturated carbocycles. The zero-order valence-corrected chi connectivity index (χ0v) is 16.9. The summed E-state index contributed by atoms with van der Waals surface area (Å²) in [4.78, 5) is 27.7. The van der Waals surface area contributed by atoms with Crippen LogP contribution in [-0.2, 0) is 4.79 Å². The molecule has 0 aromatic carbocycles. The zero-order chi connectivity index (χ0) is 20.4. The number of furan rings is 1. The van der Waals surface area contributed by atoms with E-state index in [-0.39, 0.29) is 17.6 Å². The van der Waals surface area contributed by atoms with Crippen molar-refractivity contribution in [2.75, 3.05) is 13.1 Å². The van der Waals surface area contributed by atoms with Crippen LogP contribution < -0.4 is 5.32 Å². The van der Waals surface area contributed by atoms with E-state index in [1.807, 2.05) is 13.0 Å². The Bertz CT molecular complexity index is 996. The predicted molar refractivity (Wildman–Crippen MR) is 104 cm³/mol. The minimum Gasteiger partial charge on any atom is -0.459 e. The third kappa shape index (κ3) is 4.07. The summed E-state index contributed by atoms with van der Waals surface area (Å²) in [6, 6.07) is 4.39. The highest BCUT2D eigenvalue weighted by Gasteiger charge is 2.32. The van der Waals surface area contributed by atoms with E-state index in [0.29, 0.717) is 18.8 Å². The molecule has 0 radical (unpaired) electrons. The first-order valence-corrected chi connectivity index (χ1v) is 10.2. The van der Waals surface area contributed by atoms with E-state index in [1.54, 1.807) is 24.0 Å². The lowest BCUT2D eigenvalue weighted by Crippen LogP contribution is -2.49. The molecule has 2 atom stereocenters. The minimum atomic E-state index is -0.656. The van der Waals surface area contributed by atoms with Crippen LogP contribution in [0.2, 0.25) is 0 Å². The Morgan fingerprint density at radius 1 is 1.41 bits per heavy atom. The summed E-state index contributed by atoms with van der Waals surface area (Å²) in [6.45, 7) is 4.70. The molecule has 10 heteroatoms. The van der Waals surface area contributed by atoms with Gasteiger partial charge in [-0.3, -0.25) is 9.59 Å². The second-order valence-electron chi connectivity index (χ2n) is 7.12. The maximum Gasteiger partial charge on any atom is 0.287 e. The quantitative estimate of drug-likeness (QED) is 0.681. The van der Waals surface area contributed by atoms with Gasteiger partial charge >= 0.3 is 0 Å². The predicted octanol–water partition coefficient (Wildman–Crippen LogP) is 2.62. The van der Waals surface area contributed by atoms with Gasteiger partial charge in [0.05, 0.1) is 17.7 Å². The van der Waals surface area contributed by atoms with Crippen LogP contribution in [0.25, 0.3) is 10.6 Å². The summed E-state index contributed by atoms with van der Waals surface area (Å²) in [6.07, 6.45) is 3.18. The first kappa shape index (κ1) is 19.3. The molecule has 1 aliphatic heterocycles. The average molecular weight is 415 g/mol. The lowest BCUT2D eigenvalue weighted by Gasteiger charge is -2.33. The van der Waals surface area contributed by atoms with Crippen molar-refractivity contribution in [3.05, 3.63) is 41.6 Å². The Hall–Kier alpha value is -3.01. The summed E-state index contributed by atoms with van der Waals surface area (Å²) < 4.78 is 14.5. The van der Waals surface area contributed by atoms with Crippen LogP contribution in [0.3, 0.4) is 0 Å². The smallest absolute Gasteiger partial charge is 0.287 e. The van der Waals surface area contributed by atoms with E-state index in [1.165, 1.54) is 17.8 Å². The molecule has 1 fully saturated rings. The van der Waals surface area contributed by atoms with Gasteiger partial charge in [-0.2, -0.15) is 0 Å². The monoisotopic (exact) mass is 415 g/mol. The third-order valence-corrected chi connectivity index (χ3v) is 5.70. The van der Waals surface area contributed by atoms with Gasteiger partial charge in [-0.05, 0) is 50.4 Å². The summed E-state index contributed by atoms with van der Waals surface area (Å²) in [5.74, 6) is 0.350. The fraction of sp³-hybridized carbons (Fsp3) is 0.421. The van der Waals surface area contributed by atoms with Crippen LogP contribution in [0.15, 0.2) is 33.4 Å². The van der Waals surface area contributed by atoms with E-state index in [0.717, 1.165) is 29.1 Å². The van der Waals surface area contributed by atoms with Crippen molar-refractivity contribution in [3.8, 4) is 10.6 Å². The van der Waals surface area contributed by atoms with Gasteiger partial charge in [0, 0.05) is 25.1 Å². The van der Waals surface area contributed by atoms with Gasteiger partial charge in [-0.15, -0.1) is 5.10 Å². The van der Waals surface area contributed by atoms with Crippen molar-refractivity contribution in [2.45, 2.75) is 38.6 Å². The first-order chi connectivity index (χ1) is 14.0. The van der Waals surface area contributed by atoms with Crippen molar-refractivity contribution in [2.24, 2.45) is 0 Å². The average Bonchev–Trinajstić information content (AvgIpc) is 3.48. The van der Waals surface area contributed by atoms with Crippen molar-refractivity contribution < 1.29 is 18.5 Å². The Labute approximate surface area is 171 Å². The standard InChI is InChI=1S/C19H21N5O4S/c1-11-9-15(28-22-11)17-16(21-23-29-17)13-5-3-7-24(10-13)19(26)12(2)20-18(25)14-6-4-8-27-14/h4,6,8-9,12-13H,3,5,7,10H2,1-2H3,(H,20,25)/t12-,13+/m0/s1. The van der Waals surface area contributed by atoms with Gasteiger partial charge in [0.15, 0.2) is 11.5 Å². The Balaban J connectivity index is 1.44. The highest BCUT2D eigenvalue weighted by Crippen LogP contribution is 2.35. The molecule has 4 heterocycles. The van der Waals surface area contributed by atoms with Crippen LogP contribution in [0, 0.1) is 6.92 Å². The molecule has 1 saturated heterocycles. The van der Waals surface area contributed by atoms with Crippen molar-refractivity contribution in [3.63, 3.8) is 0 Å². The molecule has 4 rings (SSSR count). The summed E-state index contributed by atoms with van der Waals surface area (Å²) >= 11 is 1.27. The Morgan fingerprint density at radius 2 is 2.28 bits per heavy atom. The number of likely N-dealkylation sites (tertiary alicyclic amines) is 1. The molecule has 0 spiro atoms. The van der Waals surface area contributed by atoms with Crippen molar-refractivity contribution in [1.29, 1.82) is 0 Å². The molecule has 0 unspecified atom stereocenters. The molecule has 152 valence electrons. The Morgan fingerprint density at radius 3 is 3.00 bits per heavy atom. The van der Waals surface area contributed by atoms with E-state index < -0.39 is 11.9 Å². The molecule has 1 aliphatic rings. The van der Waals surface area contributed by atoms with Crippen LogP contribution in [0.1, 0.15) is 47.6 Å². The maximum atomic E-state index is 12.9. The van der Waals surface area contributed by atoms with E-state index in [9.17, 15) is 9.59 Å². The van der Waals surface area contributed by atoms with E-state index in [4.69, 9.17) is 8.94 Å². The van der Waals surface area contributed by atoms with Crippen LogP contribution in [0.5, 0.6) is 0 Å². The number of aryl methyl sites for hydroxylation is 1. The van der Waals surface area contributed by atoms with E-state index in [2.05, 4.69) is 20.1 Å². The van der Waals surface area contributed by atoms with Gasteiger partial charge in [-0.25, -0.2) is 0 Å². The molecule has 29 heavy (non-hydrogen) atoms. The highest BCUT2D eigenvalue weighted by molar-refractivity contribution is 7.09. The highest BCUT2D eigenvalue weighted by atomic mass is 32.1. The molecule has 2 amide bonds. The number of piperidine rings is 1. The number of amides is 2. The number of nitrogens with zero attached hydrogens (tertiary/aromatic N) is 4. The van der Waals surface area contributed by atoms with Gasteiger partial charge in [0.25, 0.3) is 5.91 Å². The Kier molecular flexibility index (Phi) is 5.43. The largest absolute Gasteiger partial charge is 0.459 e. The molecule has 9 nitrogen and oxygen atoms in total. The fourth-order valence-electron chi connectivity index (χ4n) is 3.52. The number of nitrogens with one attached hydrogen (secondary N) is 1. The number of hydrogen-bond donors (Lipinski definition) is 1. The van der Waals surface area contributed by atoms with Crippen LogP contribution >= 0.6 is 11.5 Å². The lowest BCUT2D eigenvalue weighted by molar-refractivity contribution is -0.134. The molecule has 0 aliphatic carbocycles. The minimum absolute atomic E-state index is 0.0554. The maximum absolute atomic E-state index is 12.9. The number of carbonyl (C=O) groups is 2. The lowest BCUT2D eigenvalue weighted by atomic mass is 9.93. The van der Waals surface area contributed by atoms with Gasteiger partial charge < -0.3 is 19.2 Å². The molecule has 3 aromatic rings. The third-order valence-electron chi connectivity index (χ3n) is 4.95. The number of aromatic nitrogens is 3. The van der Waals surface area contributed by atoms with Crippen LogP contribution in [-0.4, -0.2) is 50.6 Å². The summed E-state index contributed by atoms with van der Waals surface area (Å²) in [5.41, 5.74) is 1.62. The van der Waals surface area contributed by atoms with Gasteiger partial charge in [0.1, 0.15) is 10.9 Å². The first-order valence-electron chi connectivity index (χ1n) is 9.42. The molecular formula is C19H21N5O4S. The van der Waals surface area contributed by atoms with Gasteiger partial charge in [0.2, 0.25) is 5.91 Å². The summed E-state index contributed by atoms with van der Waals surface area (Å²) in [5, 5.41) is 10.9. The summed E-state index contributed by atoms with van der Waals surface area (Å²) in [7, 11) is 0. The number of carbonyl (C=O) groups excluding carboxylic acids is 2. The second-order valence-corrected chi connectivity index (χ2v) is 7.87. The van der Waals surface area contributed by atoms with Crippen molar-refractivity contribution in [1.82, 2.24) is 25.0 Å². The van der Waals surface area contributed by atoms with Gasteiger partial charge in [-0.1, -0.05) is 9.64 Å². The molecule has 0 bridgehead atoms. The zero-order valence-electron chi connectivity index (χ0n) is 16.1. The van der Waals surface area contributed by atoms with Crippen LogP contribution in [0.4, 0.5) is 0 Å². The number of rotatable bonds is 5. The second kappa shape index (κ2) is 8.16. The molecular weight excluding hydrogens is 394 g/mol.